The maximum Gasteiger partial charge on any atom is 0.0568 e. The Hall–Kier alpha value is -1.77. The summed E-state index contributed by atoms with van der Waals surface area (Å²) in [7, 11) is 0. The van der Waals surface area contributed by atoms with Crippen molar-refractivity contribution in [2.24, 2.45) is 0 Å². The van der Waals surface area contributed by atoms with Crippen molar-refractivity contribution in [3.8, 4) is 11.1 Å². The molecule has 0 radical (unpaired) electrons. The van der Waals surface area contributed by atoms with Crippen LogP contribution < -0.4 is 5.73 Å². The molecule has 1 aromatic carbocycles. The van der Waals surface area contributed by atoms with E-state index in [2.05, 4.69) is 22.0 Å². The topological polar surface area (TPSA) is 43.8 Å². The van der Waals surface area contributed by atoms with E-state index in [9.17, 15) is 0 Å². The summed E-state index contributed by atoms with van der Waals surface area (Å²) >= 11 is 0. The number of benzene rings is 1. The molecule has 1 aliphatic carbocycles. The van der Waals surface area contributed by atoms with Gasteiger partial charge in [-0.25, -0.2) is 0 Å². The molecule has 3 heteroatoms. The number of aromatic nitrogens is 2. The average Bonchev–Trinajstić information content (AvgIpc) is 3.00. The van der Waals surface area contributed by atoms with Crippen LogP contribution >= 0.6 is 0 Å². The molecule has 17 heavy (non-hydrogen) atoms. The molecule has 0 bridgehead atoms. The summed E-state index contributed by atoms with van der Waals surface area (Å²) < 4.78 is 2.12. The number of nitrogen functional groups attached to an aromatic ring is 1. The van der Waals surface area contributed by atoms with Crippen molar-refractivity contribution >= 4 is 5.69 Å². The Bertz CT molecular complexity index is 510. The predicted octanol–water partition coefficient (Wildman–Crippen LogP) is 3.25. The van der Waals surface area contributed by atoms with Gasteiger partial charge < -0.3 is 5.73 Å². The van der Waals surface area contributed by atoms with Crippen molar-refractivity contribution in [1.29, 1.82) is 0 Å². The minimum Gasteiger partial charge on any atom is -0.399 e. The Morgan fingerprint density at radius 3 is 2.76 bits per heavy atom. The third kappa shape index (κ3) is 2.05. The fraction of sp³-hybridized carbons (Fsp3) is 0.357. The lowest BCUT2D eigenvalue weighted by molar-refractivity contribution is 0.467. The maximum absolute atomic E-state index is 5.80. The second kappa shape index (κ2) is 4.24. The fourth-order valence-electron chi connectivity index (χ4n) is 2.57. The minimum atomic E-state index is 0.602. The van der Waals surface area contributed by atoms with Crippen LogP contribution in [0, 0.1) is 0 Å². The largest absolute Gasteiger partial charge is 0.399 e. The summed E-state index contributed by atoms with van der Waals surface area (Å²) in [5.74, 6) is 0. The smallest absolute Gasteiger partial charge is 0.0568 e. The zero-order valence-electron chi connectivity index (χ0n) is 9.84. The van der Waals surface area contributed by atoms with Crippen molar-refractivity contribution in [3.05, 3.63) is 36.7 Å². The second-order valence-electron chi connectivity index (χ2n) is 4.77. The Kier molecular flexibility index (Phi) is 2.59. The van der Waals surface area contributed by atoms with Gasteiger partial charge >= 0.3 is 0 Å². The number of anilines is 1. The molecule has 0 atom stereocenters. The molecule has 3 nitrogen and oxygen atoms in total. The fourth-order valence-corrected chi connectivity index (χ4v) is 2.57. The lowest BCUT2D eigenvalue weighted by Gasteiger charge is -2.08. The lowest BCUT2D eigenvalue weighted by Crippen LogP contribution is -2.04. The molecule has 0 spiro atoms. The number of nitrogens with zero attached hydrogens (tertiary/aromatic N) is 2. The Balaban J connectivity index is 1.89. The van der Waals surface area contributed by atoms with Crippen LogP contribution in [0.4, 0.5) is 5.69 Å². The number of hydrogen-bond acceptors (Lipinski definition) is 2. The summed E-state index contributed by atoms with van der Waals surface area (Å²) in [6.07, 6.45) is 9.27. The van der Waals surface area contributed by atoms with Gasteiger partial charge in [0.2, 0.25) is 0 Å². The first-order valence-corrected chi connectivity index (χ1v) is 6.23. The van der Waals surface area contributed by atoms with Crippen molar-refractivity contribution in [2.75, 3.05) is 5.73 Å². The summed E-state index contributed by atoms with van der Waals surface area (Å²) in [5.41, 5.74) is 8.90. The van der Waals surface area contributed by atoms with Gasteiger partial charge in [-0.2, -0.15) is 5.10 Å². The number of nitrogens with two attached hydrogens (primary N) is 1. The maximum atomic E-state index is 5.80. The third-order valence-electron chi connectivity index (χ3n) is 3.52. The third-order valence-corrected chi connectivity index (χ3v) is 3.52. The van der Waals surface area contributed by atoms with Crippen LogP contribution in [0.15, 0.2) is 36.7 Å². The van der Waals surface area contributed by atoms with Gasteiger partial charge in [0.1, 0.15) is 0 Å². The first-order chi connectivity index (χ1) is 8.33. The molecule has 1 heterocycles. The Morgan fingerprint density at radius 2 is 2.00 bits per heavy atom. The van der Waals surface area contributed by atoms with Gasteiger partial charge in [-0.05, 0) is 30.5 Å². The molecule has 0 aliphatic heterocycles. The lowest BCUT2D eigenvalue weighted by atomic mass is 10.1. The molecular formula is C14H17N3. The molecule has 1 aliphatic rings. The van der Waals surface area contributed by atoms with Gasteiger partial charge in [0, 0.05) is 17.4 Å². The second-order valence-corrected chi connectivity index (χ2v) is 4.77. The quantitative estimate of drug-likeness (QED) is 0.800. The zero-order valence-corrected chi connectivity index (χ0v) is 9.84. The highest BCUT2D eigenvalue weighted by molar-refractivity contribution is 5.65. The van der Waals surface area contributed by atoms with Gasteiger partial charge in [-0.3, -0.25) is 4.68 Å². The van der Waals surface area contributed by atoms with Crippen LogP contribution in [0.2, 0.25) is 0 Å². The molecular weight excluding hydrogens is 210 g/mol. The van der Waals surface area contributed by atoms with E-state index in [0.717, 1.165) is 16.8 Å². The van der Waals surface area contributed by atoms with E-state index in [4.69, 9.17) is 5.73 Å². The van der Waals surface area contributed by atoms with E-state index in [1.54, 1.807) is 0 Å². The van der Waals surface area contributed by atoms with E-state index < -0.39 is 0 Å². The molecule has 0 amide bonds. The van der Waals surface area contributed by atoms with Crippen LogP contribution in [0.1, 0.15) is 31.7 Å². The summed E-state index contributed by atoms with van der Waals surface area (Å²) in [5, 5.41) is 4.48. The molecule has 3 rings (SSSR count). The molecule has 1 fully saturated rings. The van der Waals surface area contributed by atoms with Crippen molar-refractivity contribution in [3.63, 3.8) is 0 Å². The van der Waals surface area contributed by atoms with Crippen LogP contribution in [0.3, 0.4) is 0 Å². The van der Waals surface area contributed by atoms with Crippen molar-refractivity contribution in [2.45, 2.75) is 31.7 Å². The van der Waals surface area contributed by atoms with Gasteiger partial charge in [-0.1, -0.05) is 25.0 Å². The summed E-state index contributed by atoms with van der Waals surface area (Å²) in [4.78, 5) is 0. The molecule has 0 saturated heterocycles. The molecule has 2 N–H and O–H groups in total. The van der Waals surface area contributed by atoms with E-state index in [0.29, 0.717) is 6.04 Å². The minimum absolute atomic E-state index is 0.602. The van der Waals surface area contributed by atoms with Crippen LogP contribution in [0.5, 0.6) is 0 Å². The SMILES string of the molecule is Nc1cccc(-c2cnn(C3CCCC3)c2)c1. The van der Waals surface area contributed by atoms with Crippen LogP contribution in [-0.4, -0.2) is 9.78 Å². The molecule has 88 valence electrons. The van der Waals surface area contributed by atoms with E-state index in [-0.39, 0.29) is 0 Å². The normalized spacial score (nSPS) is 16.5. The standard InChI is InChI=1S/C14H17N3/c15-13-5-3-4-11(8-13)12-9-16-17(10-12)14-6-1-2-7-14/h3-5,8-10,14H,1-2,6-7,15H2. The first-order valence-electron chi connectivity index (χ1n) is 6.23. The van der Waals surface area contributed by atoms with Crippen molar-refractivity contribution < 1.29 is 0 Å². The summed E-state index contributed by atoms with van der Waals surface area (Å²) in [6.45, 7) is 0. The number of rotatable bonds is 2. The van der Waals surface area contributed by atoms with E-state index in [1.165, 1.54) is 25.7 Å². The highest BCUT2D eigenvalue weighted by Crippen LogP contribution is 2.30. The average molecular weight is 227 g/mol. The van der Waals surface area contributed by atoms with Gasteiger partial charge in [0.15, 0.2) is 0 Å². The van der Waals surface area contributed by atoms with Gasteiger partial charge in [-0.15, -0.1) is 0 Å². The zero-order chi connectivity index (χ0) is 11.7. The first kappa shape index (κ1) is 10.4. The monoisotopic (exact) mass is 227 g/mol. The Labute approximate surface area is 101 Å². The highest BCUT2D eigenvalue weighted by Gasteiger charge is 2.17. The molecule has 1 aromatic heterocycles. The van der Waals surface area contributed by atoms with Crippen LogP contribution in [0.25, 0.3) is 11.1 Å². The van der Waals surface area contributed by atoms with E-state index >= 15 is 0 Å². The van der Waals surface area contributed by atoms with E-state index in [1.807, 2.05) is 24.4 Å². The predicted molar refractivity (Wildman–Crippen MR) is 69.6 cm³/mol. The Morgan fingerprint density at radius 1 is 1.18 bits per heavy atom. The highest BCUT2D eigenvalue weighted by atomic mass is 15.3. The molecule has 0 unspecified atom stereocenters. The van der Waals surface area contributed by atoms with Gasteiger partial charge in [0.05, 0.1) is 12.2 Å². The summed E-state index contributed by atoms with van der Waals surface area (Å²) in [6, 6.07) is 8.56. The molecule has 2 aromatic rings. The van der Waals surface area contributed by atoms with Crippen molar-refractivity contribution in [1.82, 2.24) is 9.78 Å². The molecule has 1 saturated carbocycles. The number of hydrogen-bond donors (Lipinski definition) is 1. The van der Waals surface area contributed by atoms with Gasteiger partial charge in [0.25, 0.3) is 0 Å². The van der Waals surface area contributed by atoms with Crippen LogP contribution in [-0.2, 0) is 0 Å².